The average molecular weight is 395 g/mol. The van der Waals surface area contributed by atoms with E-state index in [1.807, 2.05) is 73.6 Å². The Hall–Kier alpha value is -2.86. The Bertz CT molecular complexity index is 815. The first-order valence-corrected chi connectivity index (χ1v) is 10.2. The monoisotopic (exact) mass is 394 g/mol. The molecule has 2 aromatic rings. The molecule has 0 atom stereocenters. The van der Waals surface area contributed by atoms with Crippen molar-refractivity contribution in [1.29, 1.82) is 0 Å². The standard InChI is InChI=1S/C23H30N4O2/c1-26(2)17-14-24-23(29)20-10-6-7-11-21(20)27-15-12-19(13-16-27)25-22(28)18-8-4-3-5-9-18/h3-11,19H,12-17H2,1-2H3,(H,24,29)(H,25,28). The molecule has 6 heteroatoms. The molecule has 1 fully saturated rings. The summed E-state index contributed by atoms with van der Waals surface area (Å²) in [5, 5.41) is 6.13. The van der Waals surface area contributed by atoms with E-state index in [1.165, 1.54) is 0 Å². The highest BCUT2D eigenvalue weighted by Crippen LogP contribution is 2.24. The average Bonchev–Trinajstić information content (AvgIpc) is 2.74. The number of benzene rings is 2. The van der Waals surface area contributed by atoms with E-state index in [0.717, 1.165) is 38.2 Å². The van der Waals surface area contributed by atoms with Gasteiger partial charge < -0.3 is 20.4 Å². The van der Waals surface area contributed by atoms with Crippen molar-refractivity contribution in [2.45, 2.75) is 18.9 Å². The van der Waals surface area contributed by atoms with Crippen molar-refractivity contribution in [3.05, 3.63) is 65.7 Å². The highest BCUT2D eigenvalue weighted by atomic mass is 16.2. The van der Waals surface area contributed by atoms with Gasteiger partial charge in [-0.05, 0) is 51.2 Å². The molecule has 1 aliphatic rings. The summed E-state index contributed by atoms with van der Waals surface area (Å²) in [6.45, 7) is 3.04. The summed E-state index contributed by atoms with van der Waals surface area (Å²) >= 11 is 0. The minimum Gasteiger partial charge on any atom is -0.371 e. The predicted octanol–water partition coefficient (Wildman–Crippen LogP) is 2.38. The van der Waals surface area contributed by atoms with E-state index in [0.29, 0.717) is 17.7 Å². The second-order valence-corrected chi connectivity index (χ2v) is 7.68. The molecule has 0 radical (unpaired) electrons. The van der Waals surface area contributed by atoms with Gasteiger partial charge in [0.25, 0.3) is 11.8 Å². The molecule has 3 rings (SSSR count). The van der Waals surface area contributed by atoms with Crippen LogP contribution in [0.25, 0.3) is 0 Å². The maximum atomic E-state index is 12.6. The molecule has 0 aromatic heterocycles. The van der Waals surface area contributed by atoms with E-state index in [4.69, 9.17) is 0 Å². The van der Waals surface area contributed by atoms with Crippen LogP contribution in [0.2, 0.25) is 0 Å². The number of rotatable bonds is 7. The summed E-state index contributed by atoms with van der Waals surface area (Å²) in [7, 11) is 3.97. The van der Waals surface area contributed by atoms with Crippen molar-refractivity contribution in [3.8, 4) is 0 Å². The van der Waals surface area contributed by atoms with Gasteiger partial charge in [0.2, 0.25) is 0 Å². The number of amides is 2. The van der Waals surface area contributed by atoms with Crippen LogP contribution in [0.4, 0.5) is 5.69 Å². The quantitative estimate of drug-likeness (QED) is 0.757. The van der Waals surface area contributed by atoms with E-state index in [9.17, 15) is 9.59 Å². The topological polar surface area (TPSA) is 64.7 Å². The van der Waals surface area contributed by atoms with Gasteiger partial charge in [-0.3, -0.25) is 9.59 Å². The molecule has 1 saturated heterocycles. The number of carbonyl (C=O) groups is 2. The first-order chi connectivity index (χ1) is 14.0. The molecule has 0 saturated carbocycles. The SMILES string of the molecule is CN(C)CCNC(=O)c1ccccc1N1CCC(NC(=O)c2ccccc2)CC1. The van der Waals surface area contributed by atoms with Crippen molar-refractivity contribution < 1.29 is 9.59 Å². The molecule has 2 N–H and O–H groups in total. The van der Waals surface area contributed by atoms with Crippen LogP contribution in [0.1, 0.15) is 33.6 Å². The summed E-state index contributed by atoms with van der Waals surface area (Å²) in [4.78, 5) is 29.3. The molecular formula is C23H30N4O2. The van der Waals surface area contributed by atoms with Crippen molar-refractivity contribution in [1.82, 2.24) is 15.5 Å². The van der Waals surface area contributed by atoms with Crippen LogP contribution in [0, 0.1) is 0 Å². The van der Waals surface area contributed by atoms with Gasteiger partial charge >= 0.3 is 0 Å². The van der Waals surface area contributed by atoms with E-state index in [-0.39, 0.29) is 17.9 Å². The molecule has 1 aliphatic heterocycles. The Kier molecular flexibility index (Phi) is 7.25. The van der Waals surface area contributed by atoms with Gasteiger partial charge in [-0.2, -0.15) is 0 Å². The van der Waals surface area contributed by atoms with Crippen LogP contribution in [-0.4, -0.2) is 63.0 Å². The van der Waals surface area contributed by atoms with E-state index in [2.05, 4.69) is 15.5 Å². The van der Waals surface area contributed by atoms with Crippen LogP contribution < -0.4 is 15.5 Å². The highest BCUT2D eigenvalue weighted by Gasteiger charge is 2.24. The Morgan fingerprint density at radius 3 is 2.31 bits per heavy atom. The number of nitrogens with zero attached hydrogens (tertiary/aromatic N) is 2. The zero-order valence-corrected chi connectivity index (χ0v) is 17.2. The molecule has 29 heavy (non-hydrogen) atoms. The Labute approximate surface area is 172 Å². The molecule has 6 nitrogen and oxygen atoms in total. The second-order valence-electron chi connectivity index (χ2n) is 7.68. The summed E-state index contributed by atoms with van der Waals surface area (Å²) in [5.41, 5.74) is 2.36. The first kappa shape index (κ1) is 20.9. The zero-order valence-electron chi connectivity index (χ0n) is 17.2. The van der Waals surface area contributed by atoms with Gasteiger partial charge in [-0.25, -0.2) is 0 Å². The van der Waals surface area contributed by atoms with Gasteiger partial charge in [-0.15, -0.1) is 0 Å². The lowest BCUT2D eigenvalue weighted by atomic mass is 10.0. The van der Waals surface area contributed by atoms with Gasteiger partial charge in [-0.1, -0.05) is 30.3 Å². The Morgan fingerprint density at radius 2 is 1.62 bits per heavy atom. The van der Waals surface area contributed by atoms with Crippen LogP contribution >= 0.6 is 0 Å². The fourth-order valence-corrected chi connectivity index (χ4v) is 3.55. The van der Waals surface area contributed by atoms with Crippen molar-refractivity contribution in [3.63, 3.8) is 0 Å². The number of anilines is 1. The Morgan fingerprint density at radius 1 is 0.966 bits per heavy atom. The van der Waals surface area contributed by atoms with Crippen molar-refractivity contribution in [2.75, 3.05) is 45.2 Å². The van der Waals surface area contributed by atoms with E-state index < -0.39 is 0 Å². The second kappa shape index (κ2) is 10.1. The summed E-state index contributed by atoms with van der Waals surface area (Å²) in [6.07, 6.45) is 1.71. The highest BCUT2D eigenvalue weighted by molar-refractivity contribution is 5.99. The molecule has 0 unspecified atom stereocenters. The molecule has 0 aliphatic carbocycles. The molecule has 0 spiro atoms. The smallest absolute Gasteiger partial charge is 0.253 e. The number of nitrogens with one attached hydrogen (secondary N) is 2. The maximum absolute atomic E-state index is 12.6. The lowest BCUT2D eigenvalue weighted by molar-refractivity contribution is 0.0929. The third kappa shape index (κ3) is 5.81. The van der Waals surface area contributed by atoms with Gasteiger partial charge in [0, 0.05) is 43.5 Å². The number of para-hydroxylation sites is 1. The summed E-state index contributed by atoms with van der Waals surface area (Å²) in [6, 6.07) is 17.2. The minimum absolute atomic E-state index is 0.0234. The molecule has 2 aromatic carbocycles. The van der Waals surface area contributed by atoms with Crippen LogP contribution in [0.15, 0.2) is 54.6 Å². The number of piperidine rings is 1. The minimum atomic E-state index is -0.0399. The molecule has 2 amide bonds. The normalized spacial score (nSPS) is 14.7. The van der Waals surface area contributed by atoms with E-state index in [1.54, 1.807) is 0 Å². The summed E-state index contributed by atoms with van der Waals surface area (Å²) in [5.74, 6) is -0.0633. The van der Waals surface area contributed by atoms with Crippen LogP contribution in [0.3, 0.4) is 0 Å². The zero-order chi connectivity index (χ0) is 20.6. The first-order valence-electron chi connectivity index (χ1n) is 10.2. The van der Waals surface area contributed by atoms with Crippen molar-refractivity contribution >= 4 is 17.5 Å². The number of hydrogen-bond acceptors (Lipinski definition) is 4. The molecule has 154 valence electrons. The van der Waals surface area contributed by atoms with Gasteiger partial charge in [0.05, 0.1) is 5.56 Å². The third-order valence-electron chi connectivity index (χ3n) is 5.20. The fourth-order valence-electron chi connectivity index (χ4n) is 3.55. The largest absolute Gasteiger partial charge is 0.371 e. The fraction of sp³-hybridized carbons (Fsp3) is 0.391. The lowest BCUT2D eigenvalue weighted by Gasteiger charge is -2.35. The number of carbonyl (C=O) groups excluding carboxylic acids is 2. The molecule has 1 heterocycles. The predicted molar refractivity (Wildman–Crippen MR) is 116 cm³/mol. The summed E-state index contributed by atoms with van der Waals surface area (Å²) < 4.78 is 0. The number of likely N-dealkylation sites (N-methyl/N-ethyl adjacent to an activating group) is 1. The Balaban J connectivity index is 1.57. The molecule has 0 bridgehead atoms. The van der Waals surface area contributed by atoms with Crippen LogP contribution in [0.5, 0.6) is 0 Å². The molecular weight excluding hydrogens is 364 g/mol. The van der Waals surface area contributed by atoms with E-state index >= 15 is 0 Å². The third-order valence-corrected chi connectivity index (χ3v) is 5.20. The van der Waals surface area contributed by atoms with Crippen molar-refractivity contribution in [2.24, 2.45) is 0 Å². The number of hydrogen-bond donors (Lipinski definition) is 2. The van der Waals surface area contributed by atoms with Gasteiger partial charge in [0.15, 0.2) is 0 Å². The van der Waals surface area contributed by atoms with Crippen LogP contribution in [-0.2, 0) is 0 Å². The lowest BCUT2D eigenvalue weighted by Crippen LogP contribution is -2.45. The maximum Gasteiger partial charge on any atom is 0.253 e. The van der Waals surface area contributed by atoms with Gasteiger partial charge in [0.1, 0.15) is 0 Å².